The number of nitrogens with zero attached hydrogens (tertiary/aromatic N) is 3. The molecule has 1 saturated heterocycles. The molecule has 0 bridgehead atoms. The van der Waals surface area contributed by atoms with Gasteiger partial charge in [-0.25, -0.2) is 0 Å². The average molecular weight is 344 g/mol. The Bertz CT molecular complexity index is 731. The molecule has 0 saturated carbocycles. The molecule has 7 nitrogen and oxygen atoms in total. The lowest BCUT2D eigenvalue weighted by molar-refractivity contribution is 0.0731. The Morgan fingerprint density at radius 2 is 2.16 bits per heavy atom. The number of likely N-dealkylation sites (tertiary alicyclic amines) is 1. The monoisotopic (exact) mass is 344 g/mol. The van der Waals surface area contributed by atoms with Gasteiger partial charge in [-0.05, 0) is 38.2 Å². The Morgan fingerprint density at radius 3 is 2.84 bits per heavy atom. The zero-order valence-corrected chi connectivity index (χ0v) is 14.9. The average Bonchev–Trinajstić information content (AvgIpc) is 3.28. The number of ether oxygens (including phenoxy) is 2. The van der Waals surface area contributed by atoms with Crippen LogP contribution in [0.3, 0.4) is 0 Å². The number of nitrogens with one attached hydrogen (secondary N) is 1. The molecule has 1 aromatic heterocycles. The SMILES string of the molecule is COc1ccccc1OCc1cc(C(=O)N(C)[C@H]2CCN(C)C2)n[nH]1. The molecule has 0 radical (unpaired) electrons. The minimum atomic E-state index is -0.0694. The van der Waals surface area contributed by atoms with Crippen LogP contribution in [0.4, 0.5) is 0 Å². The number of benzene rings is 1. The smallest absolute Gasteiger partial charge is 0.274 e. The van der Waals surface area contributed by atoms with E-state index in [1.165, 1.54) is 0 Å². The van der Waals surface area contributed by atoms with Gasteiger partial charge in [0.15, 0.2) is 17.2 Å². The van der Waals surface area contributed by atoms with Gasteiger partial charge in [0.25, 0.3) is 5.91 Å². The number of para-hydroxylation sites is 2. The number of H-pyrrole nitrogens is 1. The van der Waals surface area contributed by atoms with Gasteiger partial charge < -0.3 is 19.3 Å². The Hall–Kier alpha value is -2.54. The molecule has 0 aliphatic carbocycles. The van der Waals surface area contributed by atoms with Crippen molar-refractivity contribution < 1.29 is 14.3 Å². The first-order chi connectivity index (χ1) is 12.1. The predicted octanol–water partition coefficient (Wildman–Crippen LogP) is 1.77. The third-order valence-electron chi connectivity index (χ3n) is 4.54. The van der Waals surface area contributed by atoms with E-state index < -0.39 is 0 Å². The van der Waals surface area contributed by atoms with Crippen molar-refractivity contribution in [1.29, 1.82) is 0 Å². The van der Waals surface area contributed by atoms with Crippen molar-refractivity contribution in [3.63, 3.8) is 0 Å². The largest absolute Gasteiger partial charge is 0.493 e. The number of carbonyl (C=O) groups is 1. The van der Waals surface area contributed by atoms with Crippen molar-refractivity contribution in [3.8, 4) is 11.5 Å². The fraction of sp³-hybridized carbons (Fsp3) is 0.444. The van der Waals surface area contributed by atoms with Crippen LogP contribution in [0.1, 0.15) is 22.6 Å². The Labute approximate surface area is 147 Å². The second-order valence-electron chi connectivity index (χ2n) is 6.34. The van der Waals surface area contributed by atoms with E-state index in [2.05, 4.69) is 22.1 Å². The molecular formula is C18H24N4O3. The fourth-order valence-corrected chi connectivity index (χ4v) is 3.01. The number of hydrogen-bond acceptors (Lipinski definition) is 5. The maximum absolute atomic E-state index is 12.6. The lowest BCUT2D eigenvalue weighted by Gasteiger charge is -2.23. The summed E-state index contributed by atoms with van der Waals surface area (Å²) in [5.74, 6) is 1.25. The highest BCUT2D eigenvalue weighted by molar-refractivity contribution is 5.92. The summed E-state index contributed by atoms with van der Waals surface area (Å²) < 4.78 is 11.0. The van der Waals surface area contributed by atoms with E-state index >= 15 is 0 Å². The van der Waals surface area contributed by atoms with Gasteiger partial charge in [-0.2, -0.15) is 5.10 Å². The van der Waals surface area contributed by atoms with Crippen LogP contribution in [0, 0.1) is 0 Å². The number of carbonyl (C=O) groups excluding carboxylic acids is 1. The Morgan fingerprint density at radius 1 is 1.40 bits per heavy atom. The van der Waals surface area contributed by atoms with Crippen LogP contribution < -0.4 is 9.47 Å². The Balaban J connectivity index is 1.61. The molecule has 2 aromatic rings. The second-order valence-corrected chi connectivity index (χ2v) is 6.34. The summed E-state index contributed by atoms with van der Waals surface area (Å²) in [6, 6.07) is 9.42. The molecule has 0 unspecified atom stereocenters. The molecule has 1 aliphatic heterocycles. The molecule has 1 aliphatic rings. The fourth-order valence-electron chi connectivity index (χ4n) is 3.01. The van der Waals surface area contributed by atoms with Crippen LogP contribution in [0.5, 0.6) is 11.5 Å². The van der Waals surface area contributed by atoms with Crippen LogP contribution in [-0.2, 0) is 6.61 Å². The van der Waals surface area contributed by atoms with E-state index in [9.17, 15) is 4.79 Å². The van der Waals surface area contributed by atoms with Crippen LogP contribution in [0.25, 0.3) is 0 Å². The van der Waals surface area contributed by atoms with Gasteiger partial charge in [0.1, 0.15) is 6.61 Å². The molecular weight excluding hydrogens is 320 g/mol. The number of rotatable bonds is 6. The van der Waals surface area contributed by atoms with Crippen molar-refractivity contribution >= 4 is 5.91 Å². The van der Waals surface area contributed by atoms with E-state index in [1.807, 2.05) is 31.3 Å². The molecule has 7 heteroatoms. The summed E-state index contributed by atoms with van der Waals surface area (Å²) in [4.78, 5) is 16.6. The topological polar surface area (TPSA) is 70.7 Å². The Kier molecular flexibility index (Phi) is 5.23. The number of hydrogen-bond donors (Lipinski definition) is 1. The van der Waals surface area contributed by atoms with Gasteiger partial charge in [0.2, 0.25) is 0 Å². The summed E-state index contributed by atoms with van der Waals surface area (Å²) in [6.07, 6.45) is 0.993. The van der Waals surface area contributed by atoms with Crippen LogP contribution >= 0.6 is 0 Å². The zero-order chi connectivity index (χ0) is 17.8. The molecule has 2 heterocycles. The minimum Gasteiger partial charge on any atom is -0.493 e. The molecule has 0 spiro atoms. The van der Waals surface area contributed by atoms with Crippen molar-refractivity contribution in [2.75, 3.05) is 34.3 Å². The molecule has 1 atom stereocenters. The van der Waals surface area contributed by atoms with Gasteiger partial charge in [-0.1, -0.05) is 12.1 Å². The third kappa shape index (κ3) is 3.93. The van der Waals surface area contributed by atoms with Crippen LogP contribution in [-0.4, -0.2) is 66.2 Å². The molecule has 134 valence electrons. The lowest BCUT2D eigenvalue weighted by Crippen LogP contribution is -2.38. The first kappa shape index (κ1) is 17.3. The van der Waals surface area contributed by atoms with Crippen LogP contribution in [0.15, 0.2) is 30.3 Å². The minimum absolute atomic E-state index is 0.0694. The highest BCUT2D eigenvalue weighted by Gasteiger charge is 2.28. The molecule has 3 rings (SSSR count). The lowest BCUT2D eigenvalue weighted by atomic mass is 10.2. The van der Waals surface area contributed by atoms with Gasteiger partial charge in [0.05, 0.1) is 12.8 Å². The molecule has 1 fully saturated rings. The summed E-state index contributed by atoms with van der Waals surface area (Å²) >= 11 is 0. The van der Waals surface area contributed by atoms with Crippen molar-refractivity contribution in [2.24, 2.45) is 0 Å². The van der Waals surface area contributed by atoms with Gasteiger partial charge in [0, 0.05) is 19.6 Å². The van der Waals surface area contributed by atoms with Crippen molar-refractivity contribution in [3.05, 3.63) is 41.7 Å². The maximum atomic E-state index is 12.6. The number of aromatic nitrogens is 2. The van der Waals surface area contributed by atoms with Gasteiger partial charge in [-0.3, -0.25) is 9.89 Å². The van der Waals surface area contributed by atoms with E-state index in [-0.39, 0.29) is 18.6 Å². The zero-order valence-electron chi connectivity index (χ0n) is 14.9. The molecule has 25 heavy (non-hydrogen) atoms. The highest BCUT2D eigenvalue weighted by atomic mass is 16.5. The predicted molar refractivity (Wildman–Crippen MR) is 93.9 cm³/mol. The summed E-state index contributed by atoms with van der Waals surface area (Å²) in [7, 11) is 5.51. The molecule has 1 amide bonds. The van der Waals surface area contributed by atoms with Gasteiger partial charge >= 0.3 is 0 Å². The first-order valence-corrected chi connectivity index (χ1v) is 8.34. The summed E-state index contributed by atoms with van der Waals surface area (Å²) in [5.41, 5.74) is 1.15. The molecule has 1 N–H and O–H groups in total. The third-order valence-corrected chi connectivity index (χ3v) is 4.54. The van der Waals surface area contributed by atoms with Crippen LogP contribution in [0.2, 0.25) is 0 Å². The number of likely N-dealkylation sites (N-methyl/N-ethyl adjacent to an activating group) is 2. The summed E-state index contributed by atoms with van der Waals surface area (Å²) in [5, 5.41) is 7.02. The molecule has 1 aromatic carbocycles. The quantitative estimate of drug-likeness (QED) is 0.865. The number of amides is 1. The first-order valence-electron chi connectivity index (χ1n) is 8.34. The summed E-state index contributed by atoms with van der Waals surface area (Å²) in [6.45, 7) is 2.20. The van der Waals surface area contributed by atoms with E-state index in [1.54, 1.807) is 18.1 Å². The second kappa shape index (κ2) is 7.57. The van der Waals surface area contributed by atoms with E-state index in [0.29, 0.717) is 17.2 Å². The van der Waals surface area contributed by atoms with E-state index in [0.717, 1.165) is 25.2 Å². The normalized spacial score (nSPS) is 17.5. The van der Waals surface area contributed by atoms with Gasteiger partial charge in [-0.15, -0.1) is 0 Å². The van der Waals surface area contributed by atoms with Crippen molar-refractivity contribution in [1.82, 2.24) is 20.0 Å². The number of methoxy groups -OCH3 is 1. The number of aromatic amines is 1. The standard InChI is InChI=1S/C18H24N4O3/c1-21-9-8-14(11-21)22(2)18(23)15-10-13(19-20-15)12-25-17-7-5-4-6-16(17)24-3/h4-7,10,14H,8-9,11-12H2,1-3H3,(H,19,20)/t14-/m0/s1. The van der Waals surface area contributed by atoms with E-state index in [4.69, 9.17) is 9.47 Å². The van der Waals surface area contributed by atoms with Crippen molar-refractivity contribution in [2.45, 2.75) is 19.1 Å². The maximum Gasteiger partial charge on any atom is 0.274 e. The highest BCUT2D eigenvalue weighted by Crippen LogP contribution is 2.26.